The third-order valence-electron chi connectivity index (χ3n) is 4.40. The van der Waals surface area contributed by atoms with Gasteiger partial charge in [-0.1, -0.05) is 30.0 Å². The molecule has 0 spiro atoms. The van der Waals surface area contributed by atoms with E-state index in [0.717, 1.165) is 17.7 Å². The van der Waals surface area contributed by atoms with E-state index in [-0.39, 0.29) is 5.91 Å². The Labute approximate surface area is 168 Å². The zero-order valence-electron chi connectivity index (χ0n) is 14.4. The maximum Gasteiger partial charge on any atom is 0.416 e. The number of thiocarbonyl (C=S) groups is 1. The molecule has 0 saturated carbocycles. The van der Waals surface area contributed by atoms with Gasteiger partial charge in [0.1, 0.15) is 17.5 Å². The molecule has 0 aliphatic carbocycles. The molecular weight excluding hydrogens is 411 g/mol. The summed E-state index contributed by atoms with van der Waals surface area (Å²) in [6.07, 6.45) is -4.00. The maximum absolute atomic E-state index is 12.8. The molecule has 2 aromatic rings. The van der Waals surface area contributed by atoms with Crippen molar-refractivity contribution in [3.63, 3.8) is 0 Å². The summed E-state index contributed by atoms with van der Waals surface area (Å²) in [5, 5.41) is -0.447. The van der Waals surface area contributed by atoms with Crippen molar-refractivity contribution in [2.24, 2.45) is 0 Å². The van der Waals surface area contributed by atoms with Gasteiger partial charge < -0.3 is 9.47 Å². The second-order valence-electron chi connectivity index (χ2n) is 6.27. The summed E-state index contributed by atoms with van der Waals surface area (Å²) in [4.78, 5) is 14.1. The Morgan fingerprint density at radius 3 is 2.43 bits per heavy atom. The molecule has 0 aromatic heterocycles. The summed E-state index contributed by atoms with van der Waals surface area (Å²) >= 11 is 6.53. The molecule has 0 N–H and O–H groups in total. The first-order chi connectivity index (χ1) is 13.3. The third kappa shape index (κ3) is 3.68. The Hall–Kier alpha value is -2.26. The van der Waals surface area contributed by atoms with Gasteiger partial charge in [-0.25, -0.2) is 0 Å². The number of carbonyl (C=O) groups excluding carboxylic acids is 1. The molecule has 1 unspecified atom stereocenters. The topological polar surface area (TPSA) is 38.8 Å². The normalized spacial score (nSPS) is 19.2. The molecule has 0 bridgehead atoms. The number of fused-ring (bicyclic) bond motifs is 1. The van der Waals surface area contributed by atoms with Crippen LogP contribution in [0.2, 0.25) is 0 Å². The number of hydrogen-bond donors (Lipinski definition) is 0. The van der Waals surface area contributed by atoms with Gasteiger partial charge in [-0.15, -0.1) is 0 Å². The number of nitrogens with zero attached hydrogens (tertiary/aromatic N) is 1. The zero-order valence-corrected chi connectivity index (χ0v) is 16.0. The van der Waals surface area contributed by atoms with Crippen LogP contribution in [0.5, 0.6) is 11.5 Å². The standard InChI is InChI=1S/C19H14F3NO3S2/c20-19(21,22)12-2-4-13(5-3-12)23-17(24)16(28-18(23)27)10-11-1-6-14-15(9-11)26-8-7-25-14/h1-6,9,16H,7-8,10H2. The number of alkyl halides is 3. The molecule has 1 saturated heterocycles. The zero-order chi connectivity index (χ0) is 19.9. The lowest BCUT2D eigenvalue weighted by molar-refractivity contribution is -0.137. The molecule has 9 heteroatoms. The lowest BCUT2D eigenvalue weighted by Gasteiger charge is -2.19. The van der Waals surface area contributed by atoms with E-state index in [1.54, 1.807) is 6.07 Å². The van der Waals surface area contributed by atoms with E-state index in [0.29, 0.717) is 41.1 Å². The van der Waals surface area contributed by atoms with Gasteiger partial charge in [0, 0.05) is 0 Å². The van der Waals surface area contributed by atoms with Crippen molar-refractivity contribution in [2.75, 3.05) is 18.1 Å². The van der Waals surface area contributed by atoms with Crippen LogP contribution in [0.25, 0.3) is 0 Å². The minimum absolute atomic E-state index is 0.246. The highest BCUT2D eigenvalue weighted by atomic mass is 32.2. The van der Waals surface area contributed by atoms with Crippen LogP contribution in [0, 0.1) is 0 Å². The van der Waals surface area contributed by atoms with Gasteiger partial charge in [0.15, 0.2) is 11.5 Å². The number of hydrogen-bond acceptors (Lipinski definition) is 5. The molecule has 2 aliphatic rings. The minimum atomic E-state index is -4.43. The number of halogens is 3. The SMILES string of the molecule is O=C1C(Cc2ccc3c(c2)OCCO3)SC(=S)N1c1ccc(C(F)(F)F)cc1. The Morgan fingerprint density at radius 2 is 1.75 bits per heavy atom. The number of amides is 1. The van der Waals surface area contributed by atoms with Gasteiger partial charge in [0.25, 0.3) is 0 Å². The maximum atomic E-state index is 12.8. The van der Waals surface area contributed by atoms with E-state index in [1.807, 2.05) is 12.1 Å². The number of benzene rings is 2. The highest BCUT2D eigenvalue weighted by molar-refractivity contribution is 8.25. The summed E-state index contributed by atoms with van der Waals surface area (Å²) in [6.45, 7) is 0.971. The van der Waals surface area contributed by atoms with Gasteiger partial charge in [0.05, 0.1) is 16.5 Å². The smallest absolute Gasteiger partial charge is 0.416 e. The van der Waals surface area contributed by atoms with Crippen LogP contribution in [-0.2, 0) is 17.4 Å². The van der Waals surface area contributed by atoms with Gasteiger partial charge in [-0.3, -0.25) is 9.69 Å². The Bertz CT molecular complexity index is 931. The molecule has 2 heterocycles. The van der Waals surface area contributed by atoms with Crippen LogP contribution in [-0.4, -0.2) is 28.7 Å². The van der Waals surface area contributed by atoms with E-state index in [1.165, 1.54) is 28.8 Å². The van der Waals surface area contributed by atoms with Gasteiger partial charge in [0.2, 0.25) is 5.91 Å². The van der Waals surface area contributed by atoms with Crippen molar-refractivity contribution in [1.82, 2.24) is 0 Å². The van der Waals surface area contributed by atoms with Crippen LogP contribution in [0.3, 0.4) is 0 Å². The molecule has 146 valence electrons. The first-order valence-electron chi connectivity index (χ1n) is 8.43. The summed E-state index contributed by atoms with van der Waals surface area (Å²) in [5.41, 5.74) is 0.460. The quantitative estimate of drug-likeness (QED) is 0.680. The lowest BCUT2D eigenvalue weighted by atomic mass is 10.1. The molecule has 28 heavy (non-hydrogen) atoms. The van der Waals surface area contributed by atoms with Crippen molar-refractivity contribution >= 4 is 39.9 Å². The summed E-state index contributed by atoms with van der Waals surface area (Å²) in [7, 11) is 0. The molecule has 4 nitrogen and oxygen atoms in total. The van der Waals surface area contributed by atoms with E-state index in [4.69, 9.17) is 21.7 Å². The number of ether oxygens (including phenoxy) is 2. The summed E-state index contributed by atoms with van der Waals surface area (Å²) in [5.74, 6) is 1.06. The molecule has 2 aliphatic heterocycles. The predicted octanol–water partition coefficient (Wildman–Crippen LogP) is 4.45. The van der Waals surface area contributed by atoms with E-state index < -0.39 is 17.0 Å². The van der Waals surface area contributed by atoms with Crippen LogP contribution in [0.4, 0.5) is 18.9 Å². The highest BCUT2D eigenvalue weighted by Crippen LogP contribution is 2.37. The van der Waals surface area contributed by atoms with Crippen molar-refractivity contribution < 1.29 is 27.4 Å². The molecular formula is C19H14F3NO3S2. The monoisotopic (exact) mass is 425 g/mol. The second kappa shape index (κ2) is 7.29. The third-order valence-corrected chi connectivity index (χ3v) is 5.91. The second-order valence-corrected chi connectivity index (χ2v) is 8.11. The Morgan fingerprint density at radius 1 is 1.07 bits per heavy atom. The highest BCUT2D eigenvalue weighted by Gasteiger charge is 2.38. The predicted molar refractivity (Wildman–Crippen MR) is 104 cm³/mol. The molecule has 0 radical (unpaired) electrons. The van der Waals surface area contributed by atoms with Crippen molar-refractivity contribution in [2.45, 2.75) is 17.8 Å². The molecule has 4 rings (SSSR count). The molecule has 1 fully saturated rings. The van der Waals surface area contributed by atoms with Crippen molar-refractivity contribution in [1.29, 1.82) is 0 Å². The minimum Gasteiger partial charge on any atom is -0.486 e. The Kier molecular flexibility index (Phi) is 4.96. The van der Waals surface area contributed by atoms with E-state index in [2.05, 4.69) is 0 Å². The average molecular weight is 425 g/mol. The molecule has 1 atom stereocenters. The number of anilines is 1. The van der Waals surface area contributed by atoms with Gasteiger partial charge >= 0.3 is 6.18 Å². The lowest BCUT2D eigenvalue weighted by Crippen LogP contribution is -2.32. The number of thioether (sulfide) groups is 1. The van der Waals surface area contributed by atoms with Crippen molar-refractivity contribution in [3.05, 3.63) is 53.6 Å². The fourth-order valence-electron chi connectivity index (χ4n) is 3.05. The van der Waals surface area contributed by atoms with Crippen LogP contribution in [0.1, 0.15) is 11.1 Å². The van der Waals surface area contributed by atoms with E-state index in [9.17, 15) is 18.0 Å². The summed E-state index contributed by atoms with van der Waals surface area (Å²) in [6, 6.07) is 9.94. The van der Waals surface area contributed by atoms with Gasteiger partial charge in [-0.2, -0.15) is 13.2 Å². The van der Waals surface area contributed by atoms with Crippen LogP contribution in [0.15, 0.2) is 42.5 Å². The van der Waals surface area contributed by atoms with Crippen LogP contribution >= 0.6 is 24.0 Å². The first-order valence-corrected chi connectivity index (χ1v) is 9.72. The fourth-order valence-corrected chi connectivity index (χ4v) is 4.62. The average Bonchev–Trinajstić information content (AvgIpc) is 2.94. The summed E-state index contributed by atoms with van der Waals surface area (Å²) < 4.78 is 49.6. The van der Waals surface area contributed by atoms with Crippen molar-refractivity contribution in [3.8, 4) is 11.5 Å². The van der Waals surface area contributed by atoms with Crippen LogP contribution < -0.4 is 14.4 Å². The van der Waals surface area contributed by atoms with Gasteiger partial charge in [-0.05, 0) is 48.4 Å². The Balaban J connectivity index is 1.51. The molecule has 2 aromatic carbocycles. The molecule has 1 amide bonds. The number of rotatable bonds is 3. The van der Waals surface area contributed by atoms with E-state index >= 15 is 0 Å². The fraction of sp³-hybridized carbons (Fsp3) is 0.263. The first kappa shape index (κ1) is 19.1. The largest absolute Gasteiger partial charge is 0.486 e. The number of carbonyl (C=O) groups is 1.